The molecule has 1 aromatic rings. The first kappa shape index (κ1) is 11.3. The molecule has 0 aliphatic carbocycles. The number of ether oxygens (including phenoxy) is 1. The first-order chi connectivity index (χ1) is 7.19. The molecule has 15 heavy (non-hydrogen) atoms. The van der Waals surface area contributed by atoms with Gasteiger partial charge in [-0.25, -0.2) is 0 Å². The fraction of sp³-hybridized carbons (Fsp3) is 0.300. The molecule has 0 radical (unpaired) electrons. The lowest BCUT2D eigenvalue weighted by Crippen LogP contribution is -2.26. The van der Waals surface area contributed by atoms with Crippen molar-refractivity contribution in [1.29, 1.82) is 0 Å². The van der Waals surface area contributed by atoms with Crippen LogP contribution >= 0.6 is 0 Å². The number of carbonyl (C=O) groups excluding carboxylic acids is 1. The number of hydrogen-bond donors (Lipinski definition) is 3. The van der Waals surface area contributed by atoms with Crippen molar-refractivity contribution in [1.82, 2.24) is 5.32 Å². The van der Waals surface area contributed by atoms with Gasteiger partial charge in [0.1, 0.15) is 11.5 Å². The number of aromatic hydroxyl groups is 1. The average Bonchev–Trinajstić information content (AvgIpc) is 2.25. The topological polar surface area (TPSA) is 78.8 Å². The predicted molar refractivity (Wildman–Crippen MR) is 54.1 cm³/mol. The minimum absolute atomic E-state index is 0.136. The summed E-state index contributed by atoms with van der Waals surface area (Å²) < 4.78 is 4.88. The quantitative estimate of drug-likeness (QED) is 0.661. The van der Waals surface area contributed by atoms with Gasteiger partial charge in [0.05, 0.1) is 19.3 Å². The van der Waals surface area contributed by atoms with Crippen molar-refractivity contribution in [3.05, 3.63) is 23.8 Å². The van der Waals surface area contributed by atoms with Crippen LogP contribution in [0, 0.1) is 0 Å². The summed E-state index contributed by atoms with van der Waals surface area (Å²) in [5.41, 5.74) is 0.157. The molecule has 1 rings (SSSR count). The van der Waals surface area contributed by atoms with E-state index in [4.69, 9.17) is 9.84 Å². The van der Waals surface area contributed by atoms with E-state index in [9.17, 15) is 9.90 Å². The second kappa shape index (κ2) is 5.21. The van der Waals surface area contributed by atoms with Gasteiger partial charge in [-0.15, -0.1) is 0 Å². The van der Waals surface area contributed by atoms with E-state index in [-0.39, 0.29) is 24.5 Å². The zero-order chi connectivity index (χ0) is 11.3. The number of carbonyl (C=O) groups is 1. The van der Waals surface area contributed by atoms with Gasteiger partial charge in [-0.1, -0.05) is 0 Å². The predicted octanol–water partition coefficient (Wildman–Crippen LogP) is 0.123. The number of rotatable bonds is 4. The number of aliphatic hydroxyl groups excluding tert-OH is 1. The summed E-state index contributed by atoms with van der Waals surface area (Å²) in [4.78, 5) is 11.4. The molecule has 0 fully saturated rings. The van der Waals surface area contributed by atoms with Crippen LogP contribution in [0.15, 0.2) is 18.2 Å². The molecule has 0 saturated carbocycles. The van der Waals surface area contributed by atoms with E-state index in [2.05, 4.69) is 5.32 Å². The third kappa shape index (κ3) is 2.85. The van der Waals surface area contributed by atoms with E-state index in [1.165, 1.54) is 19.2 Å². The zero-order valence-electron chi connectivity index (χ0n) is 8.36. The van der Waals surface area contributed by atoms with Gasteiger partial charge in [0.15, 0.2) is 0 Å². The highest BCUT2D eigenvalue weighted by Gasteiger charge is 2.10. The Labute approximate surface area is 87.3 Å². The summed E-state index contributed by atoms with van der Waals surface area (Å²) in [7, 11) is 1.47. The monoisotopic (exact) mass is 211 g/mol. The normalized spacial score (nSPS) is 9.73. The van der Waals surface area contributed by atoms with E-state index in [0.717, 1.165) is 0 Å². The van der Waals surface area contributed by atoms with E-state index in [1.54, 1.807) is 6.07 Å². The Morgan fingerprint density at radius 2 is 2.27 bits per heavy atom. The van der Waals surface area contributed by atoms with Crippen LogP contribution < -0.4 is 10.1 Å². The van der Waals surface area contributed by atoms with Gasteiger partial charge in [0.2, 0.25) is 0 Å². The fourth-order valence-corrected chi connectivity index (χ4v) is 1.10. The first-order valence-corrected chi connectivity index (χ1v) is 4.45. The van der Waals surface area contributed by atoms with Gasteiger partial charge in [0, 0.05) is 12.6 Å². The lowest BCUT2D eigenvalue weighted by Gasteiger charge is -2.06. The molecule has 0 heterocycles. The summed E-state index contributed by atoms with van der Waals surface area (Å²) >= 11 is 0. The van der Waals surface area contributed by atoms with E-state index >= 15 is 0 Å². The van der Waals surface area contributed by atoms with Crippen molar-refractivity contribution >= 4 is 5.91 Å². The largest absolute Gasteiger partial charge is 0.507 e. The number of hydrogen-bond acceptors (Lipinski definition) is 4. The molecule has 0 spiro atoms. The van der Waals surface area contributed by atoms with Crippen LogP contribution in [0.1, 0.15) is 10.4 Å². The molecule has 1 amide bonds. The molecule has 0 aliphatic rings. The van der Waals surface area contributed by atoms with Gasteiger partial charge < -0.3 is 20.3 Å². The second-order valence-electron chi connectivity index (χ2n) is 2.86. The van der Waals surface area contributed by atoms with Crippen LogP contribution in [-0.4, -0.2) is 36.4 Å². The summed E-state index contributed by atoms with van der Waals surface area (Å²) in [5, 5.41) is 20.4. The van der Waals surface area contributed by atoms with Crippen molar-refractivity contribution in [3.63, 3.8) is 0 Å². The van der Waals surface area contributed by atoms with E-state index in [1.807, 2.05) is 0 Å². The Kier molecular flexibility index (Phi) is 3.93. The minimum atomic E-state index is -0.427. The number of phenolic OH excluding ortho intramolecular Hbond substituents is 1. The maximum atomic E-state index is 11.4. The van der Waals surface area contributed by atoms with Crippen molar-refractivity contribution < 1.29 is 19.7 Å². The lowest BCUT2D eigenvalue weighted by atomic mass is 10.2. The van der Waals surface area contributed by atoms with Gasteiger partial charge in [0.25, 0.3) is 5.91 Å². The zero-order valence-corrected chi connectivity index (χ0v) is 8.36. The smallest absolute Gasteiger partial charge is 0.255 e. The molecule has 5 heteroatoms. The highest BCUT2D eigenvalue weighted by molar-refractivity contribution is 5.96. The number of nitrogens with one attached hydrogen (secondary N) is 1. The summed E-state index contributed by atoms with van der Waals surface area (Å²) in [6, 6.07) is 4.39. The van der Waals surface area contributed by atoms with Crippen LogP contribution in [-0.2, 0) is 0 Å². The van der Waals surface area contributed by atoms with E-state index < -0.39 is 5.91 Å². The summed E-state index contributed by atoms with van der Waals surface area (Å²) in [6.45, 7) is 0.0208. The van der Waals surface area contributed by atoms with Crippen molar-refractivity contribution in [2.75, 3.05) is 20.3 Å². The molecule has 0 aromatic heterocycles. The van der Waals surface area contributed by atoms with Gasteiger partial charge >= 0.3 is 0 Å². The molecule has 3 N–H and O–H groups in total. The Hall–Kier alpha value is -1.75. The number of benzene rings is 1. The standard InChI is InChI=1S/C10H13NO4/c1-15-7-2-3-8(9(13)6-7)10(14)11-4-5-12/h2-3,6,12-13H,4-5H2,1H3,(H,11,14). The highest BCUT2D eigenvalue weighted by atomic mass is 16.5. The van der Waals surface area contributed by atoms with Crippen LogP contribution in [0.5, 0.6) is 11.5 Å². The Bertz CT molecular complexity index is 351. The van der Waals surface area contributed by atoms with Gasteiger partial charge in [-0.2, -0.15) is 0 Å². The van der Waals surface area contributed by atoms with Crippen LogP contribution in [0.3, 0.4) is 0 Å². The van der Waals surface area contributed by atoms with Crippen LogP contribution in [0.4, 0.5) is 0 Å². The highest BCUT2D eigenvalue weighted by Crippen LogP contribution is 2.22. The van der Waals surface area contributed by atoms with Gasteiger partial charge in [-0.3, -0.25) is 4.79 Å². The van der Waals surface area contributed by atoms with E-state index in [0.29, 0.717) is 5.75 Å². The fourth-order valence-electron chi connectivity index (χ4n) is 1.10. The molecule has 0 unspecified atom stereocenters. The number of phenols is 1. The minimum Gasteiger partial charge on any atom is -0.507 e. The molecule has 5 nitrogen and oxygen atoms in total. The molecule has 82 valence electrons. The van der Waals surface area contributed by atoms with Crippen molar-refractivity contribution in [2.24, 2.45) is 0 Å². The summed E-state index contributed by atoms with van der Waals surface area (Å²) in [6.07, 6.45) is 0. The first-order valence-electron chi connectivity index (χ1n) is 4.45. The molecule has 1 aromatic carbocycles. The third-order valence-electron chi connectivity index (χ3n) is 1.85. The molecule has 0 bridgehead atoms. The maximum absolute atomic E-state index is 11.4. The van der Waals surface area contributed by atoms with Crippen LogP contribution in [0.2, 0.25) is 0 Å². The van der Waals surface area contributed by atoms with Gasteiger partial charge in [-0.05, 0) is 12.1 Å². The van der Waals surface area contributed by atoms with Crippen molar-refractivity contribution in [2.45, 2.75) is 0 Å². The Morgan fingerprint density at radius 3 is 2.80 bits per heavy atom. The molecule has 0 saturated heterocycles. The SMILES string of the molecule is COc1ccc(C(=O)NCCO)c(O)c1. The Balaban J connectivity index is 2.81. The second-order valence-corrected chi connectivity index (χ2v) is 2.86. The lowest BCUT2D eigenvalue weighted by molar-refractivity contribution is 0.0942. The van der Waals surface area contributed by atoms with Crippen LogP contribution in [0.25, 0.3) is 0 Å². The molecule has 0 atom stereocenters. The van der Waals surface area contributed by atoms with Crippen molar-refractivity contribution in [3.8, 4) is 11.5 Å². The number of methoxy groups -OCH3 is 1. The Morgan fingerprint density at radius 1 is 1.53 bits per heavy atom. The number of aliphatic hydroxyl groups is 1. The molecular formula is C10H13NO4. The average molecular weight is 211 g/mol. The number of amides is 1. The third-order valence-corrected chi connectivity index (χ3v) is 1.85. The summed E-state index contributed by atoms with van der Waals surface area (Å²) in [5.74, 6) is -0.0970. The molecule has 0 aliphatic heterocycles. The molecular weight excluding hydrogens is 198 g/mol. The maximum Gasteiger partial charge on any atom is 0.255 e.